The summed E-state index contributed by atoms with van der Waals surface area (Å²) in [5.74, 6) is 1.02. The Hall–Kier alpha value is -2.71. The molecule has 0 radical (unpaired) electrons. The molecule has 31 heavy (non-hydrogen) atoms. The fourth-order valence-corrected chi connectivity index (χ4v) is 3.54. The van der Waals surface area contributed by atoms with Gasteiger partial charge < -0.3 is 20.3 Å². The fraction of sp³-hybridized carbons (Fsp3) is 0.591. The lowest BCUT2D eigenvalue weighted by Crippen LogP contribution is -2.47. The lowest BCUT2D eigenvalue weighted by atomic mass is 10.1. The summed E-state index contributed by atoms with van der Waals surface area (Å²) in [4.78, 5) is 22.6. The van der Waals surface area contributed by atoms with Gasteiger partial charge in [-0.3, -0.25) is 0 Å². The number of alkyl halides is 2. The summed E-state index contributed by atoms with van der Waals surface area (Å²) in [6.07, 6.45) is 0.335. The number of hydrogen-bond donors (Lipinski definition) is 2. The Bertz CT molecular complexity index is 930. The summed E-state index contributed by atoms with van der Waals surface area (Å²) in [6.45, 7) is 10.6. The highest BCUT2D eigenvalue weighted by atomic mass is 19.3. The molecular formula is C22H31F2N5O2. The number of carbonyl (C=O) groups is 1. The van der Waals surface area contributed by atoms with Crippen LogP contribution in [0.1, 0.15) is 59.6 Å². The summed E-state index contributed by atoms with van der Waals surface area (Å²) in [6, 6.07) is 3.23. The summed E-state index contributed by atoms with van der Waals surface area (Å²) in [7, 11) is 0. The number of ether oxygens (including phenoxy) is 1. The van der Waals surface area contributed by atoms with Crippen LogP contribution in [0.15, 0.2) is 18.3 Å². The molecule has 0 saturated carbocycles. The average molecular weight is 436 g/mol. The molecule has 1 aliphatic heterocycles. The summed E-state index contributed by atoms with van der Waals surface area (Å²) in [5.41, 5.74) is -0.820. The van der Waals surface area contributed by atoms with Gasteiger partial charge in [0.15, 0.2) is 0 Å². The molecule has 0 bridgehead atoms. The Labute approximate surface area is 181 Å². The highest BCUT2D eigenvalue weighted by Gasteiger charge is 2.28. The molecule has 1 atom stereocenters. The molecule has 0 unspecified atom stereocenters. The average Bonchev–Trinajstić information content (AvgIpc) is 2.66. The van der Waals surface area contributed by atoms with Crippen LogP contribution in [0.4, 0.5) is 25.2 Å². The van der Waals surface area contributed by atoms with Gasteiger partial charge in [-0.15, -0.1) is 0 Å². The molecule has 7 nitrogen and oxygen atoms in total. The van der Waals surface area contributed by atoms with Crippen molar-refractivity contribution in [2.24, 2.45) is 0 Å². The minimum atomic E-state index is -2.66. The first-order chi connectivity index (χ1) is 14.5. The van der Waals surface area contributed by atoms with Crippen LogP contribution >= 0.6 is 0 Å². The van der Waals surface area contributed by atoms with E-state index in [1.54, 1.807) is 11.1 Å². The maximum absolute atomic E-state index is 13.2. The third kappa shape index (κ3) is 6.15. The molecule has 0 spiro atoms. The van der Waals surface area contributed by atoms with Crippen LogP contribution in [-0.4, -0.2) is 51.7 Å². The molecule has 1 fully saturated rings. The maximum atomic E-state index is 13.2. The van der Waals surface area contributed by atoms with E-state index in [1.165, 1.54) is 6.07 Å². The van der Waals surface area contributed by atoms with Crippen molar-refractivity contribution < 1.29 is 18.3 Å². The van der Waals surface area contributed by atoms with Crippen molar-refractivity contribution in [3.05, 3.63) is 24.0 Å². The number of nitrogens with one attached hydrogen (secondary N) is 2. The molecule has 9 heteroatoms. The number of anilines is 2. The van der Waals surface area contributed by atoms with E-state index in [0.717, 1.165) is 18.2 Å². The number of amides is 1. The van der Waals surface area contributed by atoms with Crippen molar-refractivity contribution in [3.8, 4) is 0 Å². The normalized spacial score (nSPS) is 17.3. The van der Waals surface area contributed by atoms with Crippen molar-refractivity contribution >= 4 is 28.5 Å². The third-order valence-corrected chi connectivity index (χ3v) is 4.81. The molecule has 3 heterocycles. The van der Waals surface area contributed by atoms with Gasteiger partial charge in [-0.25, -0.2) is 23.5 Å². The van der Waals surface area contributed by atoms with Gasteiger partial charge in [-0.2, -0.15) is 0 Å². The van der Waals surface area contributed by atoms with E-state index in [0.29, 0.717) is 30.1 Å². The number of halogens is 2. The second-order valence-corrected chi connectivity index (χ2v) is 9.20. The van der Waals surface area contributed by atoms with Gasteiger partial charge in [0, 0.05) is 42.1 Å². The molecule has 2 aromatic rings. The largest absolute Gasteiger partial charge is 0.444 e. The molecule has 0 aliphatic carbocycles. The van der Waals surface area contributed by atoms with Crippen molar-refractivity contribution in [1.82, 2.24) is 14.9 Å². The van der Waals surface area contributed by atoms with Crippen LogP contribution in [0.3, 0.4) is 0 Å². The second-order valence-electron chi connectivity index (χ2n) is 9.20. The van der Waals surface area contributed by atoms with Crippen LogP contribution in [0, 0.1) is 0 Å². The molecule has 1 amide bonds. The maximum Gasteiger partial charge on any atom is 0.410 e. The fourth-order valence-electron chi connectivity index (χ4n) is 3.54. The number of likely N-dealkylation sites (tertiary alicyclic amines) is 1. The molecule has 0 aromatic carbocycles. The SMILES string of the molecule is CC(C)Nc1nc(C(F)F)cc2cnc(N[C@H]3CCCN(C(=O)OC(C)(C)C)C3)cc12. The number of carbonyl (C=O) groups excluding carboxylic acids is 1. The van der Waals surface area contributed by atoms with Crippen LogP contribution < -0.4 is 10.6 Å². The summed E-state index contributed by atoms with van der Waals surface area (Å²) in [5, 5.41) is 7.84. The van der Waals surface area contributed by atoms with Gasteiger partial charge in [0.1, 0.15) is 22.9 Å². The second kappa shape index (κ2) is 9.20. The molecule has 2 N–H and O–H groups in total. The molecule has 170 valence electrons. The van der Waals surface area contributed by atoms with Crippen LogP contribution in [0.5, 0.6) is 0 Å². The number of fused-ring (bicyclic) bond motifs is 1. The minimum Gasteiger partial charge on any atom is -0.444 e. The lowest BCUT2D eigenvalue weighted by Gasteiger charge is -2.34. The monoisotopic (exact) mass is 435 g/mol. The highest BCUT2D eigenvalue weighted by molar-refractivity contribution is 5.93. The number of piperidine rings is 1. The number of aromatic nitrogens is 2. The van der Waals surface area contributed by atoms with Gasteiger partial charge in [0.25, 0.3) is 6.43 Å². The predicted molar refractivity (Wildman–Crippen MR) is 118 cm³/mol. The van der Waals surface area contributed by atoms with Crippen LogP contribution in [0.2, 0.25) is 0 Å². The van der Waals surface area contributed by atoms with E-state index in [1.807, 2.05) is 40.7 Å². The van der Waals surface area contributed by atoms with E-state index >= 15 is 0 Å². The van der Waals surface area contributed by atoms with E-state index in [-0.39, 0.29) is 23.9 Å². The summed E-state index contributed by atoms with van der Waals surface area (Å²) >= 11 is 0. The van der Waals surface area contributed by atoms with Gasteiger partial charge in [0.05, 0.1) is 0 Å². The van der Waals surface area contributed by atoms with E-state index < -0.39 is 12.0 Å². The molecule has 1 saturated heterocycles. The predicted octanol–water partition coefficient (Wildman–Crippen LogP) is 5.20. The van der Waals surface area contributed by atoms with Gasteiger partial charge in [-0.05, 0) is 59.6 Å². The standard InChI is InChI=1S/C22H31F2N5O2/c1-13(2)26-20-16-10-18(25-11-14(16)9-17(28-20)19(23)24)27-15-7-6-8-29(12-15)21(30)31-22(3,4)5/h9-11,13,15,19H,6-8,12H2,1-5H3,(H,25,27)(H,26,28)/t15-/m0/s1. The van der Waals surface area contributed by atoms with Gasteiger partial charge in [-0.1, -0.05) is 0 Å². The topological polar surface area (TPSA) is 79.4 Å². The minimum absolute atomic E-state index is 0.0148. The number of hydrogen-bond acceptors (Lipinski definition) is 6. The van der Waals surface area contributed by atoms with Crippen molar-refractivity contribution in [2.75, 3.05) is 23.7 Å². The Balaban J connectivity index is 1.80. The van der Waals surface area contributed by atoms with Gasteiger partial charge in [0.2, 0.25) is 0 Å². The first-order valence-corrected chi connectivity index (χ1v) is 10.6. The zero-order chi connectivity index (χ0) is 22.8. The van der Waals surface area contributed by atoms with Crippen molar-refractivity contribution in [3.63, 3.8) is 0 Å². The van der Waals surface area contributed by atoms with Crippen molar-refractivity contribution in [1.29, 1.82) is 0 Å². The summed E-state index contributed by atoms with van der Waals surface area (Å²) < 4.78 is 32.0. The van der Waals surface area contributed by atoms with Crippen molar-refractivity contribution in [2.45, 2.75) is 71.6 Å². The van der Waals surface area contributed by atoms with E-state index in [4.69, 9.17) is 4.74 Å². The Morgan fingerprint density at radius 3 is 2.68 bits per heavy atom. The van der Waals surface area contributed by atoms with Crippen LogP contribution in [-0.2, 0) is 4.74 Å². The van der Waals surface area contributed by atoms with Gasteiger partial charge >= 0.3 is 6.09 Å². The molecule has 3 rings (SSSR count). The van der Waals surface area contributed by atoms with E-state index in [9.17, 15) is 13.6 Å². The number of pyridine rings is 2. The lowest BCUT2D eigenvalue weighted by molar-refractivity contribution is 0.0206. The zero-order valence-electron chi connectivity index (χ0n) is 18.7. The smallest absolute Gasteiger partial charge is 0.410 e. The molecule has 2 aromatic heterocycles. The number of rotatable bonds is 5. The zero-order valence-corrected chi connectivity index (χ0v) is 18.7. The Kier molecular flexibility index (Phi) is 6.81. The Morgan fingerprint density at radius 2 is 2.03 bits per heavy atom. The molecule has 1 aliphatic rings. The first kappa shape index (κ1) is 23.0. The molecular weight excluding hydrogens is 404 g/mol. The Morgan fingerprint density at radius 1 is 1.29 bits per heavy atom. The highest BCUT2D eigenvalue weighted by Crippen LogP contribution is 2.29. The third-order valence-electron chi connectivity index (χ3n) is 4.81. The first-order valence-electron chi connectivity index (χ1n) is 10.6. The van der Waals surface area contributed by atoms with E-state index in [2.05, 4.69) is 20.6 Å². The quantitative estimate of drug-likeness (QED) is 0.672. The van der Waals surface area contributed by atoms with Crippen LogP contribution in [0.25, 0.3) is 10.8 Å². The number of nitrogens with zero attached hydrogens (tertiary/aromatic N) is 3.